The van der Waals surface area contributed by atoms with Crippen molar-refractivity contribution in [2.45, 2.75) is 13.0 Å². The lowest BCUT2D eigenvalue weighted by Crippen LogP contribution is -2.06. The molecule has 2 aromatic carbocycles. The van der Waals surface area contributed by atoms with Crippen molar-refractivity contribution in [3.8, 4) is 5.75 Å². The fraction of sp³-hybridized carbons (Fsp3) is 0.143. The predicted octanol–water partition coefficient (Wildman–Crippen LogP) is 4.85. The van der Waals surface area contributed by atoms with Crippen molar-refractivity contribution in [2.75, 3.05) is 5.73 Å². The molecule has 0 bridgehead atoms. The molecule has 100 valence electrons. The zero-order valence-electron chi connectivity index (χ0n) is 10.2. The fourth-order valence-electron chi connectivity index (χ4n) is 1.72. The Labute approximate surface area is 120 Å². The largest absolute Gasteiger partial charge is 0.486 e. The van der Waals surface area contributed by atoms with Crippen LogP contribution < -0.4 is 10.5 Å². The minimum Gasteiger partial charge on any atom is -0.486 e. The summed E-state index contributed by atoms with van der Waals surface area (Å²) in [4.78, 5) is 0. The fourth-order valence-corrected chi connectivity index (χ4v) is 2.20. The Balaban J connectivity index is 2.27. The molecule has 0 aliphatic heterocycles. The summed E-state index contributed by atoms with van der Waals surface area (Å²) in [5.41, 5.74) is 6.46. The SMILES string of the molecule is CC(Oc1ccc(N)cc1)c1c(F)ccc(Cl)c1Cl. The number of ether oxygens (including phenoxy) is 1. The molecule has 5 heteroatoms. The molecule has 0 fully saturated rings. The second kappa shape index (κ2) is 5.68. The standard InChI is InChI=1S/C14H12Cl2FNO/c1-8(19-10-4-2-9(18)3-5-10)13-12(17)7-6-11(15)14(13)16/h2-8H,18H2,1H3. The Morgan fingerprint density at radius 3 is 2.37 bits per heavy atom. The van der Waals surface area contributed by atoms with Crippen molar-refractivity contribution in [3.05, 3.63) is 57.8 Å². The number of rotatable bonds is 3. The van der Waals surface area contributed by atoms with Gasteiger partial charge in [0.1, 0.15) is 17.7 Å². The maximum Gasteiger partial charge on any atom is 0.131 e. The van der Waals surface area contributed by atoms with E-state index in [1.54, 1.807) is 31.2 Å². The van der Waals surface area contributed by atoms with Gasteiger partial charge in [-0.2, -0.15) is 0 Å². The molecule has 2 N–H and O–H groups in total. The highest BCUT2D eigenvalue weighted by Gasteiger charge is 2.18. The van der Waals surface area contributed by atoms with Gasteiger partial charge >= 0.3 is 0 Å². The van der Waals surface area contributed by atoms with Gasteiger partial charge in [-0.1, -0.05) is 23.2 Å². The number of benzene rings is 2. The molecule has 1 atom stereocenters. The number of anilines is 1. The minimum absolute atomic E-state index is 0.171. The van der Waals surface area contributed by atoms with E-state index in [1.165, 1.54) is 12.1 Å². The Bertz CT molecular complexity index is 587. The van der Waals surface area contributed by atoms with Gasteiger partial charge in [-0.25, -0.2) is 4.39 Å². The first-order valence-electron chi connectivity index (χ1n) is 5.64. The van der Waals surface area contributed by atoms with Gasteiger partial charge in [0.05, 0.1) is 10.0 Å². The van der Waals surface area contributed by atoms with Gasteiger partial charge in [-0.3, -0.25) is 0 Å². The maximum atomic E-state index is 13.8. The normalized spacial score (nSPS) is 12.2. The summed E-state index contributed by atoms with van der Waals surface area (Å²) in [6, 6.07) is 9.52. The van der Waals surface area contributed by atoms with E-state index in [-0.39, 0.29) is 10.6 Å². The second-order valence-corrected chi connectivity index (χ2v) is 4.87. The Kier molecular flexibility index (Phi) is 4.17. The third-order valence-electron chi connectivity index (χ3n) is 2.68. The van der Waals surface area contributed by atoms with E-state index >= 15 is 0 Å². The molecule has 0 aliphatic carbocycles. The zero-order chi connectivity index (χ0) is 14.0. The van der Waals surface area contributed by atoms with Crippen molar-refractivity contribution in [2.24, 2.45) is 0 Å². The van der Waals surface area contributed by atoms with Crippen LogP contribution in [-0.4, -0.2) is 0 Å². The maximum absolute atomic E-state index is 13.8. The molecule has 0 saturated heterocycles. The number of nitrogen functional groups attached to an aromatic ring is 1. The minimum atomic E-state index is -0.560. The summed E-state index contributed by atoms with van der Waals surface area (Å²) in [6.07, 6.45) is -0.560. The van der Waals surface area contributed by atoms with E-state index in [4.69, 9.17) is 33.7 Å². The van der Waals surface area contributed by atoms with Crippen LogP contribution >= 0.6 is 23.2 Å². The van der Waals surface area contributed by atoms with Crippen molar-refractivity contribution in [3.63, 3.8) is 0 Å². The first-order chi connectivity index (χ1) is 8.99. The third kappa shape index (κ3) is 3.11. The van der Waals surface area contributed by atoms with Gasteiger partial charge in [0.2, 0.25) is 0 Å². The molecule has 2 nitrogen and oxygen atoms in total. The molecule has 0 aliphatic rings. The highest BCUT2D eigenvalue weighted by molar-refractivity contribution is 6.42. The van der Waals surface area contributed by atoms with E-state index in [2.05, 4.69) is 0 Å². The lowest BCUT2D eigenvalue weighted by Gasteiger charge is -2.17. The van der Waals surface area contributed by atoms with Gasteiger partial charge < -0.3 is 10.5 Å². The molecular weight excluding hydrogens is 288 g/mol. The van der Waals surface area contributed by atoms with Crippen LogP contribution in [0.25, 0.3) is 0 Å². The van der Waals surface area contributed by atoms with E-state index in [0.717, 1.165) is 0 Å². The Morgan fingerprint density at radius 1 is 1.11 bits per heavy atom. The second-order valence-electron chi connectivity index (χ2n) is 4.09. The molecule has 0 saturated carbocycles. The predicted molar refractivity (Wildman–Crippen MR) is 76.3 cm³/mol. The summed E-state index contributed by atoms with van der Waals surface area (Å²) in [5, 5.41) is 0.468. The molecule has 0 amide bonds. The third-order valence-corrected chi connectivity index (χ3v) is 3.50. The van der Waals surface area contributed by atoms with Crippen LogP contribution in [0.3, 0.4) is 0 Å². The van der Waals surface area contributed by atoms with Gasteiger partial charge in [-0.15, -0.1) is 0 Å². The van der Waals surface area contributed by atoms with Crippen molar-refractivity contribution < 1.29 is 9.13 Å². The quantitative estimate of drug-likeness (QED) is 0.649. The summed E-state index contributed by atoms with van der Waals surface area (Å²) >= 11 is 11.9. The number of hydrogen-bond acceptors (Lipinski definition) is 2. The van der Waals surface area contributed by atoms with Gasteiger partial charge in [0.15, 0.2) is 0 Å². The summed E-state index contributed by atoms with van der Waals surface area (Å²) in [6.45, 7) is 1.71. The van der Waals surface area contributed by atoms with E-state index < -0.39 is 11.9 Å². The molecule has 0 aromatic heterocycles. The van der Waals surface area contributed by atoms with E-state index in [0.29, 0.717) is 16.5 Å². The topological polar surface area (TPSA) is 35.2 Å². The first-order valence-corrected chi connectivity index (χ1v) is 6.40. The molecule has 2 aromatic rings. The van der Waals surface area contributed by atoms with Gasteiger partial charge in [-0.05, 0) is 43.3 Å². The zero-order valence-corrected chi connectivity index (χ0v) is 11.7. The highest BCUT2D eigenvalue weighted by Crippen LogP contribution is 2.34. The lowest BCUT2D eigenvalue weighted by atomic mass is 10.1. The average Bonchev–Trinajstić information content (AvgIpc) is 2.37. The molecule has 1 unspecified atom stereocenters. The smallest absolute Gasteiger partial charge is 0.131 e. The van der Waals surface area contributed by atoms with Gasteiger partial charge in [0, 0.05) is 11.3 Å². The number of nitrogens with two attached hydrogens (primary N) is 1. The molecule has 19 heavy (non-hydrogen) atoms. The van der Waals surface area contributed by atoms with Crippen LogP contribution in [0.2, 0.25) is 10.0 Å². The molecule has 0 heterocycles. The molecular formula is C14H12Cl2FNO. The van der Waals surface area contributed by atoms with E-state index in [9.17, 15) is 4.39 Å². The van der Waals surface area contributed by atoms with Crippen LogP contribution in [0, 0.1) is 5.82 Å². The Morgan fingerprint density at radius 2 is 1.74 bits per heavy atom. The lowest BCUT2D eigenvalue weighted by molar-refractivity contribution is 0.221. The van der Waals surface area contributed by atoms with Crippen LogP contribution in [0.1, 0.15) is 18.6 Å². The van der Waals surface area contributed by atoms with Crippen molar-refractivity contribution in [1.29, 1.82) is 0 Å². The van der Waals surface area contributed by atoms with Crippen molar-refractivity contribution >= 4 is 28.9 Å². The van der Waals surface area contributed by atoms with E-state index in [1.807, 2.05) is 0 Å². The molecule has 0 radical (unpaired) electrons. The van der Waals surface area contributed by atoms with Gasteiger partial charge in [0.25, 0.3) is 0 Å². The summed E-state index contributed by atoms with van der Waals surface area (Å²) in [7, 11) is 0. The van der Waals surface area contributed by atoms with Crippen LogP contribution in [-0.2, 0) is 0 Å². The van der Waals surface area contributed by atoms with Crippen LogP contribution in [0.15, 0.2) is 36.4 Å². The Hall–Kier alpha value is -1.45. The number of halogens is 3. The highest BCUT2D eigenvalue weighted by atomic mass is 35.5. The summed E-state index contributed by atoms with van der Waals surface area (Å²) in [5.74, 6) is 0.134. The number of hydrogen-bond donors (Lipinski definition) is 1. The van der Waals surface area contributed by atoms with Crippen LogP contribution in [0.5, 0.6) is 5.75 Å². The van der Waals surface area contributed by atoms with Crippen LogP contribution in [0.4, 0.5) is 10.1 Å². The summed E-state index contributed by atoms with van der Waals surface area (Å²) < 4.78 is 19.4. The molecule has 0 spiro atoms. The van der Waals surface area contributed by atoms with Crippen molar-refractivity contribution in [1.82, 2.24) is 0 Å². The molecule has 2 rings (SSSR count). The monoisotopic (exact) mass is 299 g/mol. The first kappa shape index (κ1) is 14.0. The average molecular weight is 300 g/mol.